The van der Waals surface area contributed by atoms with Crippen LogP contribution in [0.3, 0.4) is 0 Å². The number of rotatable bonds is 3. The van der Waals surface area contributed by atoms with Crippen molar-refractivity contribution in [2.75, 3.05) is 11.5 Å². The van der Waals surface area contributed by atoms with E-state index >= 15 is 0 Å². The van der Waals surface area contributed by atoms with E-state index in [-0.39, 0.29) is 12.3 Å². The molecule has 0 fully saturated rings. The van der Waals surface area contributed by atoms with Crippen LogP contribution in [0, 0.1) is 5.82 Å². The minimum Gasteiger partial charge on any atom is -0.461 e. The van der Waals surface area contributed by atoms with Gasteiger partial charge in [0.05, 0.1) is 12.7 Å². The number of carbonyl (C=O) groups is 2. The van der Waals surface area contributed by atoms with Crippen molar-refractivity contribution in [1.82, 2.24) is 0 Å². The molecule has 1 heterocycles. The van der Waals surface area contributed by atoms with Crippen molar-refractivity contribution in [1.29, 1.82) is 0 Å². The Morgan fingerprint density at radius 2 is 2.05 bits per heavy atom. The van der Waals surface area contributed by atoms with Gasteiger partial charge < -0.3 is 9.47 Å². The third-order valence-electron chi connectivity index (χ3n) is 2.75. The molecule has 5 nitrogen and oxygen atoms in total. The molecular weight excluding hydrogens is 265 g/mol. The summed E-state index contributed by atoms with van der Waals surface area (Å²) in [6.07, 6.45) is 0.388. The number of nitrogens with zero attached hydrogens (tertiary/aromatic N) is 1. The molecule has 0 bridgehead atoms. The van der Waals surface area contributed by atoms with Crippen LogP contribution in [-0.2, 0) is 19.1 Å². The zero-order valence-corrected chi connectivity index (χ0v) is 11.1. The smallest absolute Gasteiger partial charge is 0.355 e. The molecule has 0 amide bonds. The van der Waals surface area contributed by atoms with Gasteiger partial charge in [-0.3, -0.25) is 4.90 Å². The average molecular weight is 279 g/mol. The summed E-state index contributed by atoms with van der Waals surface area (Å²) in [5.41, 5.74) is 0.605. The summed E-state index contributed by atoms with van der Waals surface area (Å²) in [6.45, 7) is 3.48. The molecule has 1 aliphatic heterocycles. The Kier molecular flexibility index (Phi) is 4.02. The Morgan fingerprint density at radius 1 is 1.40 bits per heavy atom. The van der Waals surface area contributed by atoms with E-state index in [2.05, 4.69) is 0 Å². The molecule has 1 aliphatic rings. The Morgan fingerprint density at radius 3 is 2.65 bits per heavy atom. The van der Waals surface area contributed by atoms with E-state index in [1.54, 1.807) is 13.8 Å². The molecule has 6 heteroatoms. The van der Waals surface area contributed by atoms with Crippen molar-refractivity contribution in [2.24, 2.45) is 0 Å². The molecule has 1 aromatic rings. The lowest BCUT2D eigenvalue weighted by Crippen LogP contribution is -2.42. The standard InChI is InChI=1S/C14H14FNO4/c1-3-19-14(18)12-8-13(17)20-9(2)16(12)11-6-4-10(15)5-7-11/h4-9H,3H2,1-2H3. The predicted molar refractivity (Wildman–Crippen MR) is 69.1 cm³/mol. The first-order valence-corrected chi connectivity index (χ1v) is 6.17. The average Bonchev–Trinajstić information content (AvgIpc) is 2.39. The molecule has 1 atom stereocenters. The Labute approximate surface area is 115 Å². The number of cyclic esters (lactones) is 1. The highest BCUT2D eigenvalue weighted by atomic mass is 19.1. The van der Waals surface area contributed by atoms with Crippen LogP contribution in [-0.4, -0.2) is 24.8 Å². The van der Waals surface area contributed by atoms with Crippen molar-refractivity contribution >= 4 is 17.6 Å². The zero-order valence-electron chi connectivity index (χ0n) is 11.1. The van der Waals surface area contributed by atoms with Gasteiger partial charge in [0, 0.05) is 5.69 Å². The molecule has 0 N–H and O–H groups in total. The molecule has 0 saturated heterocycles. The lowest BCUT2D eigenvalue weighted by Gasteiger charge is -2.34. The number of carbonyl (C=O) groups excluding carboxylic acids is 2. The normalized spacial score (nSPS) is 18.4. The highest BCUT2D eigenvalue weighted by Gasteiger charge is 2.32. The summed E-state index contributed by atoms with van der Waals surface area (Å²) in [6, 6.07) is 5.53. The van der Waals surface area contributed by atoms with Crippen molar-refractivity contribution in [3.63, 3.8) is 0 Å². The molecule has 0 aromatic heterocycles. The van der Waals surface area contributed by atoms with E-state index < -0.39 is 24.0 Å². The van der Waals surface area contributed by atoms with Crippen LogP contribution in [0.4, 0.5) is 10.1 Å². The van der Waals surface area contributed by atoms with Crippen molar-refractivity contribution in [3.8, 4) is 0 Å². The third kappa shape index (κ3) is 2.79. The van der Waals surface area contributed by atoms with E-state index in [9.17, 15) is 14.0 Å². The van der Waals surface area contributed by atoms with Crippen molar-refractivity contribution < 1.29 is 23.5 Å². The summed E-state index contributed by atoms with van der Waals surface area (Å²) in [4.78, 5) is 24.8. The number of halogens is 1. The van der Waals surface area contributed by atoms with Crippen LogP contribution in [0.15, 0.2) is 36.0 Å². The predicted octanol–water partition coefficient (Wildman–Crippen LogP) is 1.98. The van der Waals surface area contributed by atoms with E-state index in [4.69, 9.17) is 9.47 Å². The largest absolute Gasteiger partial charge is 0.461 e. The molecular formula is C14H14FNO4. The van der Waals surface area contributed by atoms with Gasteiger partial charge in [-0.2, -0.15) is 0 Å². The second kappa shape index (κ2) is 5.73. The molecule has 0 radical (unpaired) electrons. The number of ether oxygens (including phenoxy) is 2. The highest BCUT2D eigenvalue weighted by Crippen LogP contribution is 2.27. The molecule has 20 heavy (non-hydrogen) atoms. The Hall–Kier alpha value is -2.37. The molecule has 106 valence electrons. The first-order valence-electron chi connectivity index (χ1n) is 6.17. The van der Waals surface area contributed by atoms with Gasteiger partial charge in [0.2, 0.25) is 0 Å². The van der Waals surface area contributed by atoms with Gasteiger partial charge in [-0.05, 0) is 38.1 Å². The van der Waals surface area contributed by atoms with Gasteiger partial charge in [0.25, 0.3) is 0 Å². The maximum absolute atomic E-state index is 13.0. The summed E-state index contributed by atoms with van der Waals surface area (Å²) in [5.74, 6) is -1.63. The van der Waals surface area contributed by atoms with E-state index in [0.29, 0.717) is 5.69 Å². The molecule has 2 rings (SSSR count). The van der Waals surface area contributed by atoms with Crippen molar-refractivity contribution in [2.45, 2.75) is 20.1 Å². The maximum atomic E-state index is 13.0. The number of hydrogen-bond donors (Lipinski definition) is 0. The number of esters is 2. The van der Waals surface area contributed by atoms with Gasteiger partial charge in [-0.15, -0.1) is 0 Å². The van der Waals surface area contributed by atoms with Crippen LogP contribution in [0.1, 0.15) is 13.8 Å². The topological polar surface area (TPSA) is 55.8 Å². The number of anilines is 1. The minimum atomic E-state index is -0.683. The molecule has 1 unspecified atom stereocenters. The molecule has 1 aromatic carbocycles. The lowest BCUT2D eigenvalue weighted by molar-refractivity contribution is -0.147. The van der Waals surface area contributed by atoms with Crippen LogP contribution in [0.5, 0.6) is 0 Å². The fourth-order valence-electron chi connectivity index (χ4n) is 1.94. The second-order valence-corrected chi connectivity index (χ2v) is 4.13. The quantitative estimate of drug-likeness (QED) is 0.792. The zero-order chi connectivity index (χ0) is 14.7. The van der Waals surface area contributed by atoms with Gasteiger partial charge in [-0.1, -0.05) is 0 Å². The van der Waals surface area contributed by atoms with Crippen molar-refractivity contribution in [3.05, 3.63) is 41.9 Å². The summed E-state index contributed by atoms with van der Waals surface area (Å²) in [7, 11) is 0. The second-order valence-electron chi connectivity index (χ2n) is 4.13. The van der Waals surface area contributed by atoms with Gasteiger partial charge in [0.15, 0.2) is 6.23 Å². The SMILES string of the molecule is CCOC(=O)C1=CC(=O)OC(C)N1c1ccc(F)cc1. The van der Waals surface area contributed by atoms with Crippen LogP contribution >= 0.6 is 0 Å². The minimum absolute atomic E-state index is 0.0715. The van der Waals surface area contributed by atoms with Gasteiger partial charge >= 0.3 is 11.9 Å². The summed E-state index contributed by atoms with van der Waals surface area (Å²) >= 11 is 0. The van der Waals surface area contributed by atoms with Crippen LogP contribution in [0.25, 0.3) is 0 Å². The fourth-order valence-corrected chi connectivity index (χ4v) is 1.94. The highest BCUT2D eigenvalue weighted by molar-refractivity contribution is 6.01. The van der Waals surface area contributed by atoms with Gasteiger partial charge in [-0.25, -0.2) is 14.0 Å². The Bertz CT molecular complexity index is 553. The monoisotopic (exact) mass is 279 g/mol. The molecule has 0 aliphatic carbocycles. The maximum Gasteiger partial charge on any atom is 0.355 e. The summed E-state index contributed by atoms with van der Waals surface area (Å²) < 4.78 is 23.0. The number of hydrogen-bond acceptors (Lipinski definition) is 5. The number of benzene rings is 1. The summed E-state index contributed by atoms with van der Waals surface area (Å²) in [5, 5.41) is 0. The third-order valence-corrected chi connectivity index (χ3v) is 2.75. The lowest BCUT2D eigenvalue weighted by atomic mass is 10.2. The van der Waals surface area contributed by atoms with E-state index in [0.717, 1.165) is 6.08 Å². The van der Waals surface area contributed by atoms with E-state index in [1.807, 2.05) is 0 Å². The fraction of sp³-hybridized carbons (Fsp3) is 0.286. The first kappa shape index (κ1) is 14.0. The van der Waals surface area contributed by atoms with Crippen LogP contribution in [0.2, 0.25) is 0 Å². The Balaban J connectivity index is 2.40. The first-order chi connectivity index (χ1) is 9.52. The molecule has 0 saturated carbocycles. The van der Waals surface area contributed by atoms with Gasteiger partial charge in [0.1, 0.15) is 11.5 Å². The molecule has 0 spiro atoms. The van der Waals surface area contributed by atoms with Crippen LogP contribution < -0.4 is 4.90 Å². The van der Waals surface area contributed by atoms with E-state index in [1.165, 1.54) is 29.2 Å².